The minimum absolute atomic E-state index is 0.0350. The quantitative estimate of drug-likeness (QED) is 0.124. The predicted molar refractivity (Wildman–Crippen MR) is 214 cm³/mol. The summed E-state index contributed by atoms with van der Waals surface area (Å²) in [6.45, 7) is 12.1. The summed E-state index contributed by atoms with van der Waals surface area (Å²) in [4.78, 5) is 13.0. The van der Waals surface area contributed by atoms with Gasteiger partial charge in [-0.25, -0.2) is 0 Å². The van der Waals surface area contributed by atoms with E-state index in [1.54, 1.807) is 0 Å². The van der Waals surface area contributed by atoms with Crippen LogP contribution in [0.1, 0.15) is 106 Å². The largest absolute Gasteiger partial charge is 0.481 e. The van der Waals surface area contributed by atoms with Gasteiger partial charge in [0.25, 0.3) is 0 Å². The van der Waals surface area contributed by atoms with E-state index in [1.165, 1.54) is 12.5 Å². The predicted octanol–water partition coefficient (Wildman–Crippen LogP) is 1.59. The number of ether oxygens (including phenoxy) is 6. The van der Waals surface area contributed by atoms with E-state index in [2.05, 4.69) is 40.7 Å². The van der Waals surface area contributed by atoms with E-state index in [9.17, 15) is 50.8 Å². The van der Waals surface area contributed by atoms with Gasteiger partial charge in [0.15, 0.2) is 18.9 Å². The number of hydrogen-bond acceptors (Lipinski definition) is 15. The second kappa shape index (κ2) is 16.5. The maximum Gasteiger partial charge on any atom is 0.310 e. The Labute approximate surface area is 358 Å². The fraction of sp³-hybridized carbons (Fsp3) is 0.933. The molecule has 16 nitrogen and oxygen atoms in total. The molecule has 0 spiro atoms. The molecule has 4 saturated carbocycles. The summed E-state index contributed by atoms with van der Waals surface area (Å²) < 4.78 is 35.9. The van der Waals surface area contributed by atoms with Crippen LogP contribution in [-0.2, 0) is 33.2 Å². The standard InChI is InChI=1S/C45H72O16/c1-21-30(49)35(60-37-33(52)31(50)25(47)18-56-37)34(53)38(58-21)61-36-32(51)26(48)19-57-39(36)59-29-11-13-43(5)27-8-7-22-23(42(27,4)12-10-28(43)44(29,6)20-46)9-14-45(40(54)55)16-15-41(2,3)17-24(22)45/h7,21,23-39,46-53H,8-20H2,1-6H3,(H,54,55). The van der Waals surface area contributed by atoms with Gasteiger partial charge in [0.2, 0.25) is 0 Å². The molecular formula is C45H72O16. The van der Waals surface area contributed by atoms with Gasteiger partial charge in [-0.05, 0) is 111 Å². The van der Waals surface area contributed by atoms with Crippen molar-refractivity contribution in [1.82, 2.24) is 0 Å². The van der Waals surface area contributed by atoms with Crippen LogP contribution >= 0.6 is 0 Å². The summed E-state index contributed by atoms with van der Waals surface area (Å²) in [7, 11) is 0. The number of aliphatic hydroxyl groups is 8. The molecule has 3 saturated heterocycles. The van der Waals surface area contributed by atoms with Crippen molar-refractivity contribution in [3.63, 3.8) is 0 Å². The Hall–Kier alpha value is -1.35. The van der Waals surface area contributed by atoms with Crippen LogP contribution in [0.2, 0.25) is 0 Å². The third kappa shape index (κ3) is 7.48. The fourth-order valence-electron chi connectivity index (χ4n) is 14.2. The van der Waals surface area contributed by atoms with Crippen LogP contribution in [0.15, 0.2) is 11.6 Å². The first-order valence-corrected chi connectivity index (χ1v) is 22.8. The minimum atomic E-state index is -1.73. The summed E-state index contributed by atoms with van der Waals surface area (Å²) in [5.41, 5.74) is -0.192. The molecule has 9 N–H and O–H groups in total. The number of aliphatic hydroxyl groups excluding tert-OH is 8. The van der Waals surface area contributed by atoms with Crippen molar-refractivity contribution < 1.29 is 79.2 Å². The zero-order valence-electron chi connectivity index (χ0n) is 36.5. The van der Waals surface area contributed by atoms with E-state index in [0.717, 1.165) is 51.4 Å². The van der Waals surface area contributed by atoms with E-state index >= 15 is 0 Å². The van der Waals surface area contributed by atoms with Crippen LogP contribution in [0.3, 0.4) is 0 Å². The normalized spacial score (nSPS) is 54.6. The molecule has 5 aliphatic carbocycles. The summed E-state index contributed by atoms with van der Waals surface area (Å²) in [5, 5.41) is 97.1. The molecule has 22 unspecified atom stereocenters. The smallest absolute Gasteiger partial charge is 0.310 e. The van der Waals surface area contributed by atoms with Crippen molar-refractivity contribution >= 4 is 5.97 Å². The molecule has 0 radical (unpaired) electrons. The Bertz CT molecular complexity index is 1640. The lowest BCUT2D eigenvalue weighted by Crippen LogP contribution is -2.66. The average Bonchev–Trinajstić information content (AvgIpc) is 3.21. The molecular weight excluding hydrogens is 796 g/mol. The van der Waals surface area contributed by atoms with Crippen LogP contribution in [0.5, 0.6) is 0 Å². The highest BCUT2D eigenvalue weighted by Crippen LogP contribution is 2.72. The van der Waals surface area contributed by atoms with Gasteiger partial charge < -0.3 is 74.4 Å². The summed E-state index contributed by atoms with van der Waals surface area (Å²) in [6.07, 6.45) is -8.99. The monoisotopic (exact) mass is 868 g/mol. The maximum atomic E-state index is 13.0. The van der Waals surface area contributed by atoms with Crippen LogP contribution in [-0.4, -0.2) is 158 Å². The zero-order chi connectivity index (χ0) is 44.2. The molecule has 3 heterocycles. The molecule has 22 atom stereocenters. The van der Waals surface area contributed by atoms with Crippen LogP contribution in [0.4, 0.5) is 0 Å². The molecule has 348 valence electrons. The van der Waals surface area contributed by atoms with Gasteiger partial charge in [-0.15, -0.1) is 0 Å². The maximum absolute atomic E-state index is 13.0. The molecule has 61 heavy (non-hydrogen) atoms. The van der Waals surface area contributed by atoms with Crippen molar-refractivity contribution in [3.05, 3.63) is 11.6 Å². The first kappa shape index (κ1) is 46.2. The Morgan fingerprint density at radius 1 is 0.689 bits per heavy atom. The summed E-state index contributed by atoms with van der Waals surface area (Å²) in [5.74, 6) is 0.0468. The zero-order valence-corrected chi connectivity index (χ0v) is 36.5. The summed E-state index contributed by atoms with van der Waals surface area (Å²) >= 11 is 0. The molecule has 0 bridgehead atoms. The molecule has 0 aromatic carbocycles. The summed E-state index contributed by atoms with van der Waals surface area (Å²) in [6, 6.07) is 0. The molecule has 3 aliphatic heterocycles. The van der Waals surface area contributed by atoms with Gasteiger partial charge in [0.1, 0.15) is 54.9 Å². The number of carboxylic acid groups (broad SMARTS) is 1. The Morgan fingerprint density at radius 2 is 1.34 bits per heavy atom. The third-order valence-electron chi connectivity index (χ3n) is 17.9. The number of fused-ring (bicyclic) bond motifs is 7. The first-order chi connectivity index (χ1) is 28.6. The van der Waals surface area contributed by atoms with Crippen LogP contribution in [0, 0.1) is 50.7 Å². The molecule has 0 amide bonds. The van der Waals surface area contributed by atoms with Gasteiger partial charge in [0.05, 0.1) is 37.4 Å². The van der Waals surface area contributed by atoms with Crippen molar-refractivity contribution in [2.45, 2.75) is 192 Å². The van der Waals surface area contributed by atoms with Gasteiger partial charge in [-0.2, -0.15) is 0 Å². The number of carboxylic acids is 1. The van der Waals surface area contributed by atoms with Gasteiger partial charge in [0, 0.05) is 5.41 Å². The molecule has 16 heteroatoms. The van der Waals surface area contributed by atoms with Gasteiger partial charge in [-0.3, -0.25) is 4.79 Å². The fourth-order valence-corrected chi connectivity index (χ4v) is 14.2. The highest BCUT2D eigenvalue weighted by atomic mass is 16.8. The minimum Gasteiger partial charge on any atom is -0.481 e. The number of carbonyl (C=O) groups is 1. The lowest BCUT2D eigenvalue weighted by molar-refractivity contribution is -0.379. The van der Waals surface area contributed by atoms with Gasteiger partial charge >= 0.3 is 5.97 Å². The van der Waals surface area contributed by atoms with E-state index in [-0.39, 0.29) is 47.9 Å². The Morgan fingerprint density at radius 3 is 2.03 bits per heavy atom. The van der Waals surface area contributed by atoms with Crippen molar-refractivity contribution in [1.29, 1.82) is 0 Å². The second-order valence-electron chi connectivity index (χ2n) is 21.8. The van der Waals surface area contributed by atoms with Crippen molar-refractivity contribution in [2.75, 3.05) is 19.8 Å². The molecule has 0 aromatic rings. The van der Waals surface area contributed by atoms with E-state index in [0.29, 0.717) is 24.7 Å². The van der Waals surface area contributed by atoms with Crippen LogP contribution < -0.4 is 0 Å². The highest BCUT2D eigenvalue weighted by Gasteiger charge is 2.67. The second-order valence-corrected chi connectivity index (χ2v) is 21.8. The number of allylic oxidation sites excluding steroid dienone is 2. The number of rotatable bonds is 8. The highest BCUT2D eigenvalue weighted by molar-refractivity contribution is 5.76. The molecule has 8 rings (SSSR count). The van der Waals surface area contributed by atoms with Gasteiger partial charge in [-0.1, -0.05) is 46.3 Å². The molecule has 8 aliphatic rings. The number of hydrogen-bond donors (Lipinski definition) is 9. The lowest BCUT2D eigenvalue weighted by atomic mass is 9.37. The van der Waals surface area contributed by atoms with E-state index in [1.807, 2.05) is 0 Å². The molecule has 0 aromatic heterocycles. The Balaban J connectivity index is 1.00. The topological polar surface area (TPSA) is 255 Å². The average molecular weight is 869 g/mol. The Kier molecular flexibility index (Phi) is 12.5. The lowest BCUT2D eigenvalue weighted by Gasteiger charge is -2.68. The third-order valence-corrected chi connectivity index (χ3v) is 17.9. The van der Waals surface area contributed by atoms with Crippen molar-refractivity contribution in [3.8, 4) is 0 Å². The number of aliphatic carboxylic acids is 1. The molecule has 7 fully saturated rings. The van der Waals surface area contributed by atoms with E-state index in [4.69, 9.17) is 28.4 Å². The van der Waals surface area contributed by atoms with Crippen molar-refractivity contribution in [2.24, 2.45) is 50.7 Å². The first-order valence-electron chi connectivity index (χ1n) is 22.8. The SMILES string of the molecule is CC1OC(OC2C(OC3CCC4(C)C(CCC5(C)C6CCC7(C(=O)O)CCC(C)(C)CC7C6=CCC54)C3(C)CO)OCC(O)C2O)C(O)C(OC2OCC(O)C(O)C2O)C1O. The van der Waals surface area contributed by atoms with Crippen LogP contribution in [0.25, 0.3) is 0 Å². The van der Waals surface area contributed by atoms with E-state index < -0.39 is 103 Å².